The maximum absolute atomic E-state index is 9.20. The number of rotatable bonds is 1. The van der Waals surface area contributed by atoms with Crippen LogP contribution < -0.4 is 5.73 Å². The lowest BCUT2D eigenvalue weighted by Crippen LogP contribution is -1.98. The lowest BCUT2D eigenvalue weighted by atomic mass is 9.96. The Hall–Kier alpha value is -1.18. The predicted octanol–water partition coefficient (Wildman–Crippen LogP) is 2.63. The van der Waals surface area contributed by atoms with Gasteiger partial charge in [-0.05, 0) is 30.4 Å². The molecule has 70 valence electrons. The molecule has 2 heteroatoms. The van der Waals surface area contributed by atoms with Crippen molar-refractivity contribution >= 4 is 5.69 Å². The van der Waals surface area contributed by atoms with E-state index in [0.717, 1.165) is 5.69 Å². The highest BCUT2D eigenvalue weighted by Crippen LogP contribution is 2.37. The molecule has 0 bridgehead atoms. The fraction of sp³-hybridized carbons (Fsp3) is 0.455. The molecule has 0 amide bonds. The molecule has 3 N–H and O–H groups in total. The molecule has 0 aromatic heterocycles. The zero-order valence-electron chi connectivity index (χ0n) is 7.66. The molecule has 1 aromatic carbocycles. The Bertz CT molecular complexity index is 303. The number of aromatic hydroxyl groups is 1. The van der Waals surface area contributed by atoms with Crippen LogP contribution in [0.4, 0.5) is 5.69 Å². The summed E-state index contributed by atoms with van der Waals surface area (Å²) in [6.45, 7) is 0. The summed E-state index contributed by atoms with van der Waals surface area (Å²) < 4.78 is 0. The number of nitrogens with two attached hydrogens (primary N) is 1. The van der Waals surface area contributed by atoms with Crippen LogP contribution in [0.25, 0.3) is 0 Å². The molecule has 0 atom stereocenters. The molecule has 0 heterocycles. The van der Waals surface area contributed by atoms with Crippen molar-refractivity contribution in [2.24, 2.45) is 0 Å². The van der Waals surface area contributed by atoms with E-state index in [9.17, 15) is 5.11 Å². The standard InChI is InChI=1S/C11H15NO/c12-11-7-9(13)5-6-10(11)8-3-1-2-4-8/h5-8,13H,1-4,12H2. The van der Waals surface area contributed by atoms with E-state index in [1.807, 2.05) is 6.07 Å². The van der Waals surface area contributed by atoms with E-state index in [0.29, 0.717) is 5.92 Å². The van der Waals surface area contributed by atoms with Crippen molar-refractivity contribution in [3.8, 4) is 5.75 Å². The van der Waals surface area contributed by atoms with E-state index in [4.69, 9.17) is 5.73 Å². The number of benzene rings is 1. The molecule has 1 aliphatic carbocycles. The SMILES string of the molecule is Nc1cc(O)ccc1C1CCCC1. The highest BCUT2D eigenvalue weighted by molar-refractivity contribution is 5.52. The zero-order valence-corrected chi connectivity index (χ0v) is 7.66. The van der Waals surface area contributed by atoms with Gasteiger partial charge in [0.15, 0.2) is 0 Å². The number of nitrogen functional groups attached to an aromatic ring is 1. The third-order valence-corrected chi connectivity index (χ3v) is 2.87. The number of anilines is 1. The van der Waals surface area contributed by atoms with E-state index < -0.39 is 0 Å². The van der Waals surface area contributed by atoms with Gasteiger partial charge in [-0.1, -0.05) is 18.9 Å². The molecule has 13 heavy (non-hydrogen) atoms. The van der Waals surface area contributed by atoms with Gasteiger partial charge in [-0.3, -0.25) is 0 Å². The summed E-state index contributed by atoms with van der Waals surface area (Å²) in [6, 6.07) is 5.33. The first kappa shape index (κ1) is 8.42. The van der Waals surface area contributed by atoms with Gasteiger partial charge >= 0.3 is 0 Å². The van der Waals surface area contributed by atoms with Crippen LogP contribution in [-0.4, -0.2) is 5.11 Å². The first-order chi connectivity index (χ1) is 6.27. The normalized spacial score (nSPS) is 17.8. The van der Waals surface area contributed by atoms with Crippen LogP contribution in [0.1, 0.15) is 37.2 Å². The summed E-state index contributed by atoms with van der Waals surface area (Å²) >= 11 is 0. The van der Waals surface area contributed by atoms with Crippen molar-refractivity contribution < 1.29 is 5.11 Å². The van der Waals surface area contributed by atoms with Crippen molar-refractivity contribution in [3.63, 3.8) is 0 Å². The molecule has 0 spiro atoms. The molecule has 0 radical (unpaired) electrons. The average Bonchev–Trinajstić information content (AvgIpc) is 2.56. The molecule has 2 nitrogen and oxygen atoms in total. The van der Waals surface area contributed by atoms with Crippen LogP contribution >= 0.6 is 0 Å². The van der Waals surface area contributed by atoms with Crippen LogP contribution in [0.2, 0.25) is 0 Å². The fourth-order valence-electron chi connectivity index (χ4n) is 2.17. The summed E-state index contributed by atoms with van der Waals surface area (Å²) in [5.74, 6) is 0.889. The van der Waals surface area contributed by atoms with E-state index in [1.165, 1.54) is 31.2 Å². The Morgan fingerprint density at radius 1 is 1.23 bits per heavy atom. The quantitative estimate of drug-likeness (QED) is 0.648. The Labute approximate surface area is 78.4 Å². The number of phenolic OH excluding ortho intramolecular Hbond substituents is 1. The van der Waals surface area contributed by atoms with E-state index in [2.05, 4.69) is 0 Å². The third-order valence-electron chi connectivity index (χ3n) is 2.87. The van der Waals surface area contributed by atoms with Crippen molar-refractivity contribution in [1.29, 1.82) is 0 Å². The van der Waals surface area contributed by atoms with Crippen LogP contribution in [0.5, 0.6) is 5.75 Å². The van der Waals surface area contributed by atoms with Gasteiger partial charge in [0.1, 0.15) is 5.75 Å². The Morgan fingerprint density at radius 2 is 1.92 bits per heavy atom. The van der Waals surface area contributed by atoms with Gasteiger partial charge in [0, 0.05) is 11.8 Å². The van der Waals surface area contributed by atoms with Crippen molar-refractivity contribution in [2.45, 2.75) is 31.6 Å². The first-order valence-corrected chi connectivity index (χ1v) is 4.86. The first-order valence-electron chi connectivity index (χ1n) is 4.86. The Kier molecular flexibility index (Phi) is 2.13. The zero-order chi connectivity index (χ0) is 9.26. The molecule has 1 fully saturated rings. The topological polar surface area (TPSA) is 46.2 Å². The molecular weight excluding hydrogens is 162 g/mol. The van der Waals surface area contributed by atoms with Crippen molar-refractivity contribution in [1.82, 2.24) is 0 Å². The molecule has 1 aromatic rings. The Balaban J connectivity index is 2.29. The van der Waals surface area contributed by atoms with Crippen LogP contribution in [0, 0.1) is 0 Å². The van der Waals surface area contributed by atoms with Gasteiger partial charge in [0.25, 0.3) is 0 Å². The molecular formula is C11H15NO. The van der Waals surface area contributed by atoms with Gasteiger partial charge in [-0.2, -0.15) is 0 Å². The van der Waals surface area contributed by atoms with Crippen LogP contribution in [-0.2, 0) is 0 Å². The second-order valence-electron chi connectivity index (χ2n) is 3.79. The third kappa shape index (κ3) is 1.62. The van der Waals surface area contributed by atoms with Crippen molar-refractivity contribution in [2.75, 3.05) is 5.73 Å². The smallest absolute Gasteiger partial charge is 0.117 e. The lowest BCUT2D eigenvalue weighted by Gasteiger charge is -2.12. The molecule has 1 saturated carbocycles. The van der Waals surface area contributed by atoms with Gasteiger partial charge in [0.2, 0.25) is 0 Å². The summed E-state index contributed by atoms with van der Waals surface area (Å²) in [5.41, 5.74) is 7.80. The number of phenols is 1. The summed E-state index contributed by atoms with van der Waals surface area (Å²) in [5, 5.41) is 9.20. The number of hydrogen-bond donors (Lipinski definition) is 2. The summed E-state index contributed by atoms with van der Waals surface area (Å²) in [7, 11) is 0. The highest BCUT2D eigenvalue weighted by Gasteiger charge is 2.18. The molecule has 0 aliphatic heterocycles. The van der Waals surface area contributed by atoms with E-state index >= 15 is 0 Å². The molecule has 0 unspecified atom stereocenters. The second kappa shape index (κ2) is 3.29. The van der Waals surface area contributed by atoms with Crippen molar-refractivity contribution in [3.05, 3.63) is 23.8 Å². The predicted molar refractivity (Wildman–Crippen MR) is 53.7 cm³/mol. The summed E-state index contributed by atoms with van der Waals surface area (Å²) in [6.07, 6.45) is 5.11. The minimum Gasteiger partial charge on any atom is -0.508 e. The largest absolute Gasteiger partial charge is 0.508 e. The Morgan fingerprint density at radius 3 is 2.54 bits per heavy atom. The van der Waals surface area contributed by atoms with Gasteiger partial charge in [-0.15, -0.1) is 0 Å². The summed E-state index contributed by atoms with van der Waals surface area (Å²) in [4.78, 5) is 0. The van der Waals surface area contributed by atoms with Crippen LogP contribution in [0.15, 0.2) is 18.2 Å². The van der Waals surface area contributed by atoms with Gasteiger partial charge < -0.3 is 10.8 Å². The molecule has 0 saturated heterocycles. The minimum atomic E-state index is 0.263. The van der Waals surface area contributed by atoms with Crippen LogP contribution in [0.3, 0.4) is 0 Å². The van der Waals surface area contributed by atoms with Gasteiger partial charge in [-0.25, -0.2) is 0 Å². The highest BCUT2D eigenvalue weighted by atomic mass is 16.3. The minimum absolute atomic E-state index is 0.263. The van der Waals surface area contributed by atoms with Gasteiger partial charge in [0.05, 0.1) is 0 Å². The fourth-order valence-corrected chi connectivity index (χ4v) is 2.17. The number of hydrogen-bond acceptors (Lipinski definition) is 2. The monoisotopic (exact) mass is 177 g/mol. The van der Waals surface area contributed by atoms with E-state index in [1.54, 1.807) is 12.1 Å². The second-order valence-corrected chi connectivity index (χ2v) is 3.79. The molecule has 2 rings (SSSR count). The maximum Gasteiger partial charge on any atom is 0.117 e. The maximum atomic E-state index is 9.20. The average molecular weight is 177 g/mol. The van der Waals surface area contributed by atoms with E-state index in [-0.39, 0.29) is 5.75 Å². The lowest BCUT2D eigenvalue weighted by molar-refractivity contribution is 0.475. The molecule has 1 aliphatic rings.